The van der Waals surface area contributed by atoms with E-state index in [4.69, 9.17) is 9.47 Å². The first-order valence-electron chi connectivity index (χ1n) is 11.3. The first-order valence-corrected chi connectivity index (χ1v) is 11.3. The largest absolute Gasteiger partial charge is 0.450 e. The molecule has 3 amide bonds. The van der Waals surface area contributed by atoms with Gasteiger partial charge in [-0.15, -0.1) is 0 Å². The van der Waals surface area contributed by atoms with Crippen LogP contribution in [0.1, 0.15) is 38.3 Å². The van der Waals surface area contributed by atoms with Gasteiger partial charge in [0.25, 0.3) is 0 Å². The molecule has 3 rings (SSSR count). The molecule has 2 N–H and O–H groups in total. The second kappa shape index (κ2) is 11.8. The van der Waals surface area contributed by atoms with Gasteiger partial charge >= 0.3 is 12.2 Å². The quantitative estimate of drug-likeness (QED) is 0.521. The van der Waals surface area contributed by atoms with Gasteiger partial charge in [0.15, 0.2) is 0 Å². The maximum atomic E-state index is 15.0. The number of amides is 3. The molecule has 1 saturated heterocycles. The number of ether oxygens (including phenoxy) is 2. The molecule has 2 aromatic rings. The lowest BCUT2D eigenvalue weighted by Gasteiger charge is -2.15. The third kappa shape index (κ3) is 6.69. The molecule has 2 atom stereocenters. The predicted molar refractivity (Wildman–Crippen MR) is 126 cm³/mol. The van der Waals surface area contributed by atoms with E-state index in [0.717, 1.165) is 12.8 Å². The van der Waals surface area contributed by atoms with Crippen LogP contribution in [-0.4, -0.2) is 43.9 Å². The molecule has 0 aromatic heterocycles. The lowest BCUT2D eigenvalue weighted by molar-refractivity contribution is -0.119. The van der Waals surface area contributed by atoms with Crippen molar-refractivity contribution in [1.29, 1.82) is 5.26 Å². The van der Waals surface area contributed by atoms with Crippen molar-refractivity contribution in [3.05, 3.63) is 53.8 Å². The molecular weight excluding hydrogens is 455 g/mol. The average Bonchev–Trinajstić information content (AvgIpc) is 3.22. The lowest BCUT2D eigenvalue weighted by atomic mass is 10.0. The van der Waals surface area contributed by atoms with Crippen LogP contribution in [0.3, 0.4) is 0 Å². The fourth-order valence-corrected chi connectivity index (χ4v) is 3.52. The summed E-state index contributed by atoms with van der Waals surface area (Å²) in [6, 6.07) is 12.1. The van der Waals surface area contributed by atoms with Gasteiger partial charge in [0.2, 0.25) is 5.91 Å². The van der Waals surface area contributed by atoms with E-state index < -0.39 is 30.1 Å². The second-order valence-electron chi connectivity index (χ2n) is 8.04. The Morgan fingerprint density at radius 3 is 2.66 bits per heavy atom. The van der Waals surface area contributed by atoms with Crippen LogP contribution < -0.4 is 15.5 Å². The summed E-state index contributed by atoms with van der Waals surface area (Å²) >= 11 is 0. The van der Waals surface area contributed by atoms with E-state index in [0.29, 0.717) is 22.4 Å². The summed E-state index contributed by atoms with van der Waals surface area (Å²) in [6.07, 6.45) is -0.182. The number of nitriles is 1. The highest BCUT2D eigenvalue weighted by Crippen LogP contribution is 2.30. The third-order valence-electron chi connectivity index (χ3n) is 5.39. The van der Waals surface area contributed by atoms with Gasteiger partial charge in [-0.25, -0.2) is 14.0 Å². The van der Waals surface area contributed by atoms with Crippen molar-refractivity contribution in [3.63, 3.8) is 0 Å². The Kier molecular flexibility index (Phi) is 8.62. The number of hydrogen-bond donors (Lipinski definition) is 2. The standard InChI is InChI=1S/C25H27FN4O5/c1-3-4-11-34-24(32)29-23(13-27)18-7-5-17(6-8-18)21-10-9-19(12-22(21)26)30-15-20(35-25(30)33)14-28-16(2)31/h5-10,12,20,23H,3-4,11,14-15H2,1-2H3,(H,28,31)(H,29,32). The number of rotatable bonds is 9. The van der Waals surface area contributed by atoms with E-state index in [1.54, 1.807) is 36.4 Å². The van der Waals surface area contributed by atoms with Crippen molar-refractivity contribution >= 4 is 23.8 Å². The molecule has 10 heteroatoms. The maximum absolute atomic E-state index is 15.0. The number of carbonyl (C=O) groups is 3. The third-order valence-corrected chi connectivity index (χ3v) is 5.39. The van der Waals surface area contributed by atoms with Crippen LogP contribution in [0.15, 0.2) is 42.5 Å². The first-order chi connectivity index (χ1) is 16.8. The van der Waals surface area contributed by atoms with Gasteiger partial charge < -0.3 is 20.1 Å². The summed E-state index contributed by atoms with van der Waals surface area (Å²) in [6.45, 7) is 3.99. The van der Waals surface area contributed by atoms with E-state index in [1.807, 2.05) is 13.0 Å². The first kappa shape index (κ1) is 25.5. The molecule has 2 unspecified atom stereocenters. The number of hydrogen-bond acceptors (Lipinski definition) is 6. The molecule has 184 valence electrons. The molecule has 1 heterocycles. The predicted octanol–water partition coefficient (Wildman–Crippen LogP) is 4.04. The highest BCUT2D eigenvalue weighted by molar-refractivity contribution is 5.90. The van der Waals surface area contributed by atoms with E-state index >= 15 is 0 Å². The Labute approximate surface area is 202 Å². The van der Waals surface area contributed by atoms with Crippen molar-refractivity contribution in [2.45, 2.75) is 38.8 Å². The van der Waals surface area contributed by atoms with Crippen molar-refractivity contribution in [2.75, 3.05) is 24.6 Å². The summed E-state index contributed by atoms with van der Waals surface area (Å²) in [7, 11) is 0. The number of nitrogens with one attached hydrogen (secondary N) is 2. The molecule has 35 heavy (non-hydrogen) atoms. The molecule has 0 saturated carbocycles. The highest BCUT2D eigenvalue weighted by atomic mass is 19.1. The van der Waals surface area contributed by atoms with Gasteiger partial charge in [0, 0.05) is 12.5 Å². The monoisotopic (exact) mass is 482 g/mol. The number of nitrogens with zero attached hydrogens (tertiary/aromatic N) is 2. The van der Waals surface area contributed by atoms with Gasteiger partial charge in [-0.05, 0) is 35.7 Å². The van der Waals surface area contributed by atoms with E-state index in [1.165, 1.54) is 17.9 Å². The summed E-state index contributed by atoms with van der Waals surface area (Å²) in [5.74, 6) is -0.771. The number of halogens is 1. The molecule has 0 spiro atoms. The number of carbonyl (C=O) groups excluding carboxylic acids is 3. The number of unbranched alkanes of at least 4 members (excludes halogenated alkanes) is 1. The Balaban J connectivity index is 1.67. The molecule has 9 nitrogen and oxygen atoms in total. The minimum absolute atomic E-state index is 0.180. The molecule has 0 radical (unpaired) electrons. The van der Waals surface area contributed by atoms with Gasteiger partial charge in [-0.3, -0.25) is 9.69 Å². The zero-order valence-electron chi connectivity index (χ0n) is 19.5. The normalized spacial score (nSPS) is 15.7. The number of anilines is 1. The minimum atomic E-state index is -0.906. The van der Waals surface area contributed by atoms with Crippen LogP contribution in [0.5, 0.6) is 0 Å². The Bertz CT molecular complexity index is 1120. The molecule has 1 aliphatic rings. The summed E-state index contributed by atoms with van der Waals surface area (Å²) in [5, 5.41) is 14.5. The number of cyclic esters (lactones) is 1. The Hall–Kier alpha value is -4.13. The van der Waals surface area contributed by atoms with Crippen LogP contribution in [0, 0.1) is 17.1 Å². The average molecular weight is 483 g/mol. The van der Waals surface area contributed by atoms with Crippen molar-refractivity contribution in [2.24, 2.45) is 0 Å². The van der Waals surface area contributed by atoms with Gasteiger partial charge in [0.05, 0.1) is 31.5 Å². The van der Waals surface area contributed by atoms with Crippen LogP contribution in [0.2, 0.25) is 0 Å². The smallest absolute Gasteiger partial charge is 0.414 e. The zero-order valence-corrected chi connectivity index (χ0v) is 19.5. The Morgan fingerprint density at radius 1 is 1.29 bits per heavy atom. The van der Waals surface area contributed by atoms with Gasteiger partial charge in [-0.2, -0.15) is 5.26 Å². The fraction of sp³-hybridized carbons (Fsp3) is 0.360. The van der Waals surface area contributed by atoms with Gasteiger partial charge in [-0.1, -0.05) is 37.6 Å². The minimum Gasteiger partial charge on any atom is -0.450 e. The van der Waals surface area contributed by atoms with E-state index in [2.05, 4.69) is 10.6 Å². The molecule has 1 aliphatic heterocycles. The number of benzene rings is 2. The van der Waals surface area contributed by atoms with E-state index in [9.17, 15) is 24.0 Å². The van der Waals surface area contributed by atoms with Crippen LogP contribution in [0.4, 0.5) is 19.7 Å². The summed E-state index contributed by atoms with van der Waals surface area (Å²) in [5.41, 5.74) is 1.75. The summed E-state index contributed by atoms with van der Waals surface area (Å²) < 4.78 is 25.2. The molecule has 0 aliphatic carbocycles. The fourth-order valence-electron chi connectivity index (χ4n) is 3.52. The van der Waals surface area contributed by atoms with Crippen molar-refractivity contribution in [3.8, 4) is 17.2 Å². The molecule has 2 aromatic carbocycles. The van der Waals surface area contributed by atoms with Crippen molar-refractivity contribution in [1.82, 2.24) is 10.6 Å². The molecule has 1 fully saturated rings. The van der Waals surface area contributed by atoms with Gasteiger partial charge in [0.1, 0.15) is 18.0 Å². The van der Waals surface area contributed by atoms with E-state index in [-0.39, 0.29) is 25.6 Å². The van der Waals surface area contributed by atoms with Crippen molar-refractivity contribution < 1.29 is 28.2 Å². The SMILES string of the molecule is CCCCOC(=O)NC(C#N)c1ccc(-c2ccc(N3CC(CNC(C)=O)OC3=O)cc2F)cc1. The highest BCUT2D eigenvalue weighted by Gasteiger charge is 2.32. The molecular formula is C25H27FN4O5. The Morgan fingerprint density at radius 2 is 2.03 bits per heavy atom. The van der Waals surface area contributed by atoms with Crippen LogP contribution in [0.25, 0.3) is 11.1 Å². The zero-order chi connectivity index (χ0) is 25.4. The molecule has 0 bridgehead atoms. The number of alkyl carbamates (subject to hydrolysis) is 1. The van der Waals surface area contributed by atoms with Crippen LogP contribution >= 0.6 is 0 Å². The topological polar surface area (TPSA) is 121 Å². The lowest BCUT2D eigenvalue weighted by Crippen LogP contribution is -2.33. The maximum Gasteiger partial charge on any atom is 0.414 e. The van der Waals surface area contributed by atoms with Crippen LogP contribution in [-0.2, 0) is 14.3 Å². The second-order valence-corrected chi connectivity index (χ2v) is 8.04. The summed E-state index contributed by atoms with van der Waals surface area (Å²) in [4.78, 5) is 36.4.